The van der Waals surface area contributed by atoms with E-state index in [0.29, 0.717) is 13.0 Å². The molecule has 7 N–H and O–H groups in total. The summed E-state index contributed by atoms with van der Waals surface area (Å²) in [6, 6.07) is 0. The second kappa shape index (κ2) is 52.7. The van der Waals surface area contributed by atoms with Gasteiger partial charge in [0, 0.05) is 13.0 Å². The number of hydrogen-bond donors (Lipinski definition) is 7. The van der Waals surface area contributed by atoms with Gasteiger partial charge in [-0.1, -0.05) is 256 Å². The molecule has 11 unspecified atom stereocenters. The van der Waals surface area contributed by atoms with E-state index in [4.69, 9.17) is 28.4 Å². The monoisotopic (exact) mass is 1140 g/mol. The average Bonchev–Trinajstić information content (AvgIpc) is 3.52. The summed E-state index contributed by atoms with van der Waals surface area (Å²) in [5.41, 5.74) is 0. The van der Waals surface area contributed by atoms with Crippen LogP contribution in [0.4, 0.5) is 0 Å². The van der Waals surface area contributed by atoms with E-state index in [1.165, 1.54) is 193 Å². The molecule has 0 aromatic carbocycles. The largest absolute Gasteiger partial charge is 0.457 e. The fourth-order valence-electron chi connectivity index (χ4n) is 10.6. The molecule has 0 aliphatic carbocycles. The molecular formula is C66H122O14. The standard InChI is InChI=1S/C66H122O14/c1-3-5-7-9-11-13-15-17-19-21-23-25-26-27-28-29-31-33-35-37-39-41-43-45-47-49-58(68)78-55(52-75-50-48-46-44-42-40-38-36-34-32-30-24-22-20-18-16-14-12-10-8-6-4-2)53-76-65-64(74)62(72)60(70)57(80-65)54-77-66-63(73)61(71)59(69)56(51-67)79-66/h15,17,21,23,26-27,55-57,59-67,69-74H,3-14,16,18-20,22,24-25,28-54H2,1-2H3/b17-15-,23-21-,27-26-. The zero-order chi connectivity index (χ0) is 57.9. The van der Waals surface area contributed by atoms with Crippen LogP contribution in [-0.4, -0.2) is 142 Å². The van der Waals surface area contributed by atoms with Crippen molar-refractivity contribution in [3.05, 3.63) is 36.5 Å². The van der Waals surface area contributed by atoms with Crippen molar-refractivity contribution in [2.75, 3.05) is 33.0 Å². The predicted octanol–water partition coefficient (Wildman–Crippen LogP) is 13.3. The fourth-order valence-corrected chi connectivity index (χ4v) is 10.6. The molecule has 14 nitrogen and oxygen atoms in total. The number of carbonyl (C=O) groups is 1. The first-order valence-electron chi connectivity index (χ1n) is 33.1. The van der Waals surface area contributed by atoms with Gasteiger partial charge in [0.25, 0.3) is 0 Å². The second-order valence-corrected chi connectivity index (χ2v) is 23.3. The Kier molecular flexibility index (Phi) is 49.0. The van der Waals surface area contributed by atoms with Crippen molar-refractivity contribution in [1.82, 2.24) is 0 Å². The third kappa shape index (κ3) is 38.2. The highest BCUT2D eigenvalue weighted by Crippen LogP contribution is 2.27. The Morgan fingerprint density at radius 3 is 1.21 bits per heavy atom. The molecule has 0 saturated carbocycles. The number of ether oxygens (including phenoxy) is 6. The maximum absolute atomic E-state index is 13.1. The Morgan fingerprint density at radius 2 is 0.775 bits per heavy atom. The smallest absolute Gasteiger partial charge is 0.306 e. The van der Waals surface area contributed by atoms with E-state index in [1.807, 2.05) is 0 Å². The number of esters is 1. The number of aliphatic hydroxyl groups excluding tert-OH is 7. The predicted molar refractivity (Wildman–Crippen MR) is 321 cm³/mol. The van der Waals surface area contributed by atoms with Gasteiger partial charge in [0.2, 0.25) is 0 Å². The molecule has 0 amide bonds. The van der Waals surface area contributed by atoms with E-state index < -0.39 is 80.7 Å². The first-order chi connectivity index (χ1) is 39.1. The first kappa shape index (κ1) is 74.3. The van der Waals surface area contributed by atoms with E-state index in [0.717, 1.165) is 57.8 Å². The molecule has 0 radical (unpaired) electrons. The Balaban J connectivity index is 1.66. The molecule has 80 heavy (non-hydrogen) atoms. The topological polar surface area (TPSA) is 214 Å². The molecular weight excluding hydrogens is 1020 g/mol. The summed E-state index contributed by atoms with van der Waals surface area (Å²) >= 11 is 0. The number of allylic oxidation sites excluding steroid dienone is 6. The summed E-state index contributed by atoms with van der Waals surface area (Å²) in [6.45, 7) is 3.74. The van der Waals surface area contributed by atoms with Crippen molar-refractivity contribution in [3.8, 4) is 0 Å². The maximum Gasteiger partial charge on any atom is 0.306 e. The number of aliphatic hydroxyl groups is 7. The normalized spacial score (nSPS) is 24.0. The van der Waals surface area contributed by atoms with Gasteiger partial charge in [-0.3, -0.25) is 4.79 Å². The van der Waals surface area contributed by atoms with Gasteiger partial charge < -0.3 is 64.2 Å². The zero-order valence-electron chi connectivity index (χ0n) is 50.8. The highest BCUT2D eigenvalue weighted by molar-refractivity contribution is 5.69. The Hall–Kier alpha value is -1.79. The molecule has 2 aliphatic heterocycles. The van der Waals surface area contributed by atoms with Gasteiger partial charge in [-0.15, -0.1) is 0 Å². The summed E-state index contributed by atoms with van der Waals surface area (Å²) in [7, 11) is 0. The van der Waals surface area contributed by atoms with E-state index in [-0.39, 0.29) is 25.6 Å². The van der Waals surface area contributed by atoms with Crippen LogP contribution in [0.25, 0.3) is 0 Å². The van der Waals surface area contributed by atoms with Crippen LogP contribution in [0.1, 0.15) is 277 Å². The van der Waals surface area contributed by atoms with Crippen LogP contribution >= 0.6 is 0 Å². The van der Waals surface area contributed by atoms with E-state index in [9.17, 15) is 40.5 Å². The zero-order valence-corrected chi connectivity index (χ0v) is 50.8. The number of hydrogen-bond acceptors (Lipinski definition) is 14. The van der Waals surface area contributed by atoms with Crippen molar-refractivity contribution in [1.29, 1.82) is 0 Å². The van der Waals surface area contributed by atoms with Crippen LogP contribution in [-0.2, 0) is 33.2 Å². The molecule has 2 heterocycles. The average molecular weight is 1140 g/mol. The van der Waals surface area contributed by atoms with Crippen LogP contribution in [0.5, 0.6) is 0 Å². The molecule has 2 rings (SSSR count). The van der Waals surface area contributed by atoms with E-state index in [2.05, 4.69) is 50.3 Å². The second-order valence-electron chi connectivity index (χ2n) is 23.3. The highest BCUT2D eigenvalue weighted by atomic mass is 16.7. The van der Waals surface area contributed by atoms with Gasteiger partial charge in [-0.25, -0.2) is 0 Å². The molecule has 11 atom stereocenters. The van der Waals surface area contributed by atoms with Gasteiger partial charge >= 0.3 is 5.97 Å². The number of rotatable bonds is 55. The van der Waals surface area contributed by atoms with Crippen molar-refractivity contribution in [2.45, 2.75) is 345 Å². The van der Waals surface area contributed by atoms with Gasteiger partial charge in [-0.2, -0.15) is 0 Å². The van der Waals surface area contributed by atoms with Crippen molar-refractivity contribution in [3.63, 3.8) is 0 Å². The molecule has 0 aromatic rings. The molecule has 2 aliphatic rings. The molecule has 14 heteroatoms. The number of unbranched alkanes of at least 4 members (excludes halogenated alkanes) is 35. The third-order valence-corrected chi connectivity index (χ3v) is 15.9. The van der Waals surface area contributed by atoms with Gasteiger partial charge in [0.15, 0.2) is 12.6 Å². The summed E-state index contributed by atoms with van der Waals surface area (Å²) < 4.78 is 34.5. The Labute approximate surface area is 487 Å². The van der Waals surface area contributed by atoms with Gasteiger partial charge in [0.05, 0.1) is 26.4 Å². The van der Waals surface area contributed by atoms with Crippen molar-refractivity contribution >= 4 is 5.97 Å². The molecule has 470 valence electrons. The van der Waals surface area contributed by atoms with Gasteiger partial charge in [0.1, 0.15) is 54.9 Å². The third-order valence-electron chi connectivity index (χ3n) is 15.9. The summed E-state index contributed by atoms with van der Waals surface area (Å²) in [5, 5.41) is 72.5. The Morgan fingerprint density at radius 1 is 0.412 bits per heavy atom. The van der Waals surface area contributed by atoms with Crippen molar-refractivity contribution < 1.29 is 69.0 Å². The van der Waals surface area contributed by atoms with E-state index >= 15 is 0 Å². The van der Waals surface area contributed by atoms with Crippen LogP contribution in [0, 0.1) is 0 Å². The molecule has 2 fully saturated rings. The summed E-state index contributed by atoms with van der Waals surface area (Å²) in [4.78, 5) is 13.1. The molecule has 0 bridgehead atoms. The fraction of sp³-hybridized carbons (Fsp3) is 0.894. The lowest BCUT2D eigenvalue weighted by atomic mass is 9.98. The van der Waals surface area contributed by atoms with Crippen LogP contribution in [0.15, 0.2) is 36.5 Å². The Bertz CT molecular complexity index is 1460. The highest BCUT2D eigenvalue weighted by Gasteiger charge is 2.47. The van der Waals surface area contributed by atoms with Crippen LogP contribution in [0.3, 0.4) is 0 Å². The SMILES string of the molecule is CCCCCCC/C=C\C/C=C\C/C=C\CCCCCCCCCCCCC(=O)OC(COCCCCCCCCCCCCCCCCCCCCCCC)COC1OC(COC2OC(CO)C(O)C(O)C2O)C(O)C(O)C1O. The minimum atomic E-state index is -1.71. The summed E-state index contributed by atoms with van der Waals surface area (Å²) in [5.74, 6) is -0.375. The molecule has 0 spiro atoms. The molecule has 0 aromatic heterocycles. The lowest BCUT2D eigenvalue weighted by molar-refractivity contribution is -0.332. The van der Waals surface area contributed by atoms with Crippen molar-refractivity contribution in [2.24, 2.45) is 0 Å². The first-order valence-corrected chi connectivity index (χ1v) is 33.1. The van der Waals surface area contributed by atoms with Crippen LogP contribution < -0.4 is 0 Å². The lowest BCUT2D eigenvalue weighted by Crippen LogP contribution is -2.61. The van der Waals surface area contributed by atoms with Gasteiger partial charge in [-0.05, 0) is 51.4 Å². The molecule has 2 saturated heterocycles. The minimum absolute atomic E-state index is 0.0640. The minimum Gasteiger partial charge on any atom is -0.457 e. The van der Waals surface area contributed by atoms with Crippen LogP contribution in [0.2, 0.25) is 0 Å². The quantitative estimate of drug-likeness (QED) is 0.0172. The maximum atomic E-state index is 13.1. The number of carbonyl (C=O) groups excluding carboxylic acids is 1. The summed E-state index contributed by atoms with van der Waals surface area (Å²) in [6.07, 6.45) is 47.8. The lowest BCUT2D eigenvalue weighted by Gasteiger charge is -2.42. The van der Waals surface area contributed by atoms with E-state index in [1.54, 1.807) is 0 Å².